The van der Waals surface area contributed by atoms with Gasteiger partial charge in [0.15, 0.2) is 0 Å². The van der Waals surface area contributed by atoms with E-state index < -0.39 is 6.04 Å². The van der Waals surface area contributed by atoms with Crippen molar-refractivity contribution in [2.24, 2.45) is 5.73 Å². The first-order valence-corrected chi connectivity index (χ1v) is 5.03. The summed E-state index contributed by atoms with van der Waals surface area (Å²) in [5.41, 5.74) is 11.3. The minimum absolute atomic E-state index is 0.330. The summed E-state index contributed by atoms with van der Waals surface area (Å²) in [7, 11) is 3.11. The van der Waals surface area contributed by atoms with Gasteiger partial charge in [0.1, 0.15) is 11.8 Å². The largest absolute Gasteiger partial charge is 0.495 e. The Hall–Kier alpha value is -1.30. The molecule has 0 aliphatic rings. The molecule has 0 fully saturated rings. The van der Waals surface area contributed by atoms with Crippen molar-refractivity contribution in [1.29, 1.82) is 0 Å². The van der Waals surface area contributed by atoms with Gasteiger partial charge in [-0.05, 0) is 17.7 Å². The molecule has 0 saturated carbocycles. The third kappa shape index (κ3) is 2.85. The number of methoxy groups -OCH3 is 1. The average molecular weight is 244 g/mol. The maximum absolute atomic E-state index is 11.4. The van der Waals surface area contributed by atoms with Crippen molar-refractivity contribution in [3.8, 4) is 5.75 Å². The highest BCUT2D eigenvalue weighted by atomic mass is 35.5. The smallest absolute Gasteiger partial charge is 0.255 e. The molecule has 1 aromatic rings. The molecule has 0 aliphatic carbocycles. The Morgan fingerprint density at radius 3 is 2.75 bits per heavy atom. The Kier molecular flexibility index (Phi) is 4.54. The van der Waals surface area contributed by atoms with Gasteiger partial charge in [-0.25, -0.2) is 5.43 Å². The molecule has 0 heterocycles. The summed E-state index contributed by atoms with van der Waals surface area (Å²) in [6.45, 7) is 0. The fraction of sp³-hybridized carbons (Fsp3) is 0.300. The van der Waals surface area contributed by atoms with E-state index >= 15 is 0 Å². The molecule has 6 heteroatoms. The van der Waals surface area contributed by atoms with Gasteiger partial charge in [-0.1, -0.05) is 17.7 Å². The van der Waals surface area contributed by atoms with Crippen LogP contribution in [0.1, 0.15) is 11.6 Å². The van der Waals surface area contributed by atoms with Crippen LogP contribution in [0.25, 0.3) is 0 Å². The zero-order chi connectivity index (χ0) is 12.1. The van der Waals surface area contributed by atoms with Gasteiger partial charge in [-0.2, -0.15) is 0 Å². The molecule has 1 rings (SSSR count). The van der Waals surface area contributed by atoms with E-state index in [9.17, 15) is 4.79 Å². The summed E-state index contributed by atoms with van der Waals surface area (Å²) in [6, 6.07) is 4.21. The van der Waals surface area contributed by atoms with Crippen molar-refractivity contribution in [2.45, 2.75) is 6.04 Å². The van der Waals surface area contributed by atoms with Crippen LogP contribution in [0.2, 0.25) is 5.02 Å². The molecule has 0 saturated heterocycles. The molecule has 0 spiro atoms. The second-order valence-electron chi connectivity index (χ2n) is 3.11. The van der Waals surface area contributed by atoms with E-state index in [0.717, 1.165) is 0 Å². The van der Waals surface area contributed by atoms with E-state index in [2.05, 4.69) is 10.9 Å². The normalized spacial score (nSPS) is 12.0. The van der Waals surface area contributed by atoms with Crippen LogP contribution in [0.3, 0.4) is 0 Å². The lowest BCUT2D eigenvalue weighted by Crippen LogP contribution is -2.40. The van der Waals surface area contributed by atoms with Crippen molar-refractivity contribution >= 4 is 17.5 Å². The Bertz CT molecular complexity index is 384. The van der Waals surface area contributed by atoms with Gasteiger partial charge < -0.3 is 10.5 Å². The number of benzene rings is 1. The first kappa shape index (κ1) is 12.8. The maximum atomic E-state index is 11.4. The molecule has 0 radical (unpaired) electrons. The van der Waals surface area contributed by atoms with Gasteiger partial charge in [0.2, 0.25) is 0 Å². The lowest BCUT2D eigenvalue weighted by Gasteiger charge is -2.13. The predicted molar refractivity (Wildman–Crippen MR) is 62.1 cm³/mol. The van der Waals surface area contributed by atoms with Crippen LogP contribution >= 0.6 is 11.6 Å². The number of rotatable bonds is 4. The van der Waals surface area contributed by atoms with E-state index in [0.29, 0.717) is 16.3 Å². The topological polar surface area (TPSA) is 76.4 Å². The van der Waals surface area contributed by atoms with E-state index in [1.165, 1.54) is 7.11 Å². The van der Waals surface area contributed by atoms with Gasteiger partial charge in [0, 0.05) is 7.05 Å². The molecule has 16 heavy (non-hydrogen) atoms. The minimum atomic E-state index is -0.768. The summed E-state index contributed by atoms with van der Waals surface area (Å²) in [4.78, 5) is 11.4. The second kappa shape index (κ2) is 5.69. The van der Waals surface area contributed by atoms with Crippen molar-refractivity contribution in [1.82, 2.24) is 10.9 Å². The molecule has 5 nitrogen and oxygen atoms in total. The summed E-state index contributed by atoms with van der Waals surface area (Å²) in [5, 5.41) is 0.424. The average Bonchev–Trinajstić information content (AvgIpc) is 2.28. The number of amides is 1. The van der Waals surface area contributed by atoms with E-state index in [1.54, 1.807) is 25.2 Å². The number of nitrogens with two attached hydrogens (primary N) is 1. The Morgan fingerprint density at radius 1 is 1.56 bits per heavy atom. The SMILES string of the molecule is CNNC(=O)C(N)c1ccc(OC)c(Cl)c1. The first-order chi connectivity index (χ1) is 7.60. The molecule has 1 atom stereocenters. The lowest BCUT2D eigenvalue weighted by atomic mass is 10.1. The van der Waals surface area contributed by atoms with Crippen LogP contribution in [0, 0.1) is 0 Å². The lowest BCUT2D eigenvalue weighted by molar-refractivity contribution is -0.123. The van der Waals surface area contributed by atoms with Crippen LogP contribution < -0.4 is 21.3 Å². The van der Waals surface area contributed by atoms with E-state index in [4.69, 9.17) is 22.1 Å². The Labute approximate surface area is 98.9 Å². The maximum Gasteiger partial charge on any atom is 0.255 e. The molecule has 0 bridgehead atoms. The quantitative estimate of drug-likeness (QED) is 0.677. The monoisotopic (exact) mass is 243 g/mol. The molecule has 88 valence electrons. The standard InChI is InChI=1S/C10H14ClN3O2/c1-13-14-10(15)9(12)6-3-4-8(16-2)7(11)5-6/h3-5,9,13H,12H2,1-2H3,(H,14,15). The first-order valence-electron chi connectivity index (χ1n) is 4.65. The molecule has 1 aromatic carbocycles. The highest BCUT2D eigenvalue weighted by molar-refractivity contribution is 6.32. The van der Waals surface area contributed by atoms with E-state index in [-0.39, 0.29) is 5.91 Å². The van der Waals surface area contributed by atoms with E-state index in [1.807, 2.05) is 0 Å². The Balaban J connectivity index is 2.88. The number of hydrogen-bond acceptors (Lipinski definition) is 4. The van der Waals surface area contributed by atoms with Gasteiger partial charge in [0.25, 0.3) is 5.91 Å². The fourth-order valence-electron chi connectivity index (χ4n) is 1.23. The molecule has 1 unspecified atom stereocenters. The number of halogens is 1. The molecule has 0 aromatic heterocycles. The molecular formula is C10H14ClN3O2. The number of carbonyl (C=O) groups excluding carboxylic acids is 1. The number of hydrazine groups is 1. The van der Waals surface area contributed by atoms with Crippen LogP contribution in [0.15, 0.2) is 18.2 Å². The highest BCUT2D eigenvalue weighted by Gasteiger charge is 2.16. The number of nitrogens with one attached hydrogen (secondary N) is 2. The van der Waals surface area contributed by atoms with Crippen LogP contribution in [-0.2, 0) is 4.79 Å². The van der Waals surface area contributed by atoms with Crippen LogP contribution in [-0.4, -0.2) is 20.1 Å². The van der Waals surface area contributed by atoms with Crippen LogP contribution in [0.4, 0.5) is 0 Å². The van der Waals surface area contributed by atoms with Crippen molar-refractivity contribution in [3.63, 3.8) is 0 Å². The van der Waals surface area contributed by atoms with Gasteiger partial charge >= 0.3 is 0 Å². The molecule has 1 amide bonds. The third-order valence-corrected chi connectivity index (χ3v) is 2.36. The number of hydrogen-bond donors (Lipinski definition) is 3. The third-order valence-electron chi connectivity index (χ3n) is 2.07. The van der Waals surface area contributed by atoms with Crippen molar-refractivity contribution in [2.75, 3.05) is 14.2 Å². The Morgan fingerprint density at radius 2 is 2.25 bits per heavy atom. The zero-order valence-electron chi connectivity index (χ0n) is 9.08. The zero-order valence-corrected chi connectivity index (χ0v) is 9.84. The second-order valence-corrected chi connectivity index (χ2v) is 3.52. The molecule has 0 aliphatic heterocycles. The fourth-order valence-corrected chi connectivity index (χ4v) is 1.49. The van der Waals surface area contributed by atoms with Crippen LogP contribution in [0.5, 0.6) is 5.75 Å². The van der Waals surface area contributed by atoms with Gasteiger partial charge in [-0.3, -0.25) is 10.2 Å². The summed E-state index contributed by atoms with van der Waals surface area (Å²) < 4.78 is 5.00. The number of carbonyl (C=O) groups is 1. The van der Waals surface area contributed by atoms with Crippen molar-refractivity contribution < 1.29 is 9.53 Å². The molecular weight excluding hydrogens is 230 g/mol. The summed E-state index contributed by atoms with van der Waals surface area (Å²) in [6.07, 6.45) is 0. The predicted octanol–water partition coefficient (Wildman–Crippen LogP) is 0.599. The molecule has 4 N–H and O–H groups in total. The minimum Gasteiger partial charge on any atom is -0.495 e. The number of ether oxygens (including phenoxy) is 1. The summed E-state index contributed by atoms with van der Waals surface area (Å²) in [5.74, 6) is 0.218. The highest BCUT2D eigenvalue weighted by Crippen LogP contribution is 2.26. The summed E-state index contributed by atoms with van der Waals surface area (Å²) >= 11 is 5.93. The van der Waals surface area contributed by atoms with Gasteiger partial charge in [0.05, 0.1) is 12.1 Å². The van der Waals surface area contributed by atoms with Crippen molar-refractivity contribution in [3.05, 3.63) is 28.8 Å². The van der Waals surface area contributed by atoms with Gasteiger partial charge in [-0.15, -0.1) is 0 Å².